The molecule has 0 aromatic heterocycles. The highest BCUT2D eigenvalue weighted by Crippen LogP contribution is 2.28. The van der Waals surface area contributed by atoms with E-state index in [1.54, 1.807) is 24.1 Å². The number of nitrogens with zero attached hydrogens (tertiary/aromatic N) is 1. The van der Waals surface area contributed by atoms with E-state index in [1.165, 1.54) is 0 Å². The van der Waals surface area contributed by atoms with Crippen LogP contribution in [0, 0.1) is 0 Å². The summed E-state index contributed by atoms with van der Waals surface area (Å²) in [5.74, 6) is 0.683. The largest absolute Gasteiger partial charge is 0.497 e. The Morgan fingerprint density at radius 1 is 1.26 bits per heavy atom. The fourth-order valence-corrected chi connectivity index (χ4v) is 2.79. The van der Waals surface area contributed by atoms with Crippen LogP contribution in [0.5, 0.6) is 5.75 Å². The standard InChI is InChI=1S/C14H16N2O3/c1-19-10-6-4-9(5-7-10)12-14(18)16-8-2-3-11(16)13(17)15-12/h4-7,11-12H,2-3,8H2,1H3,(H,15,17)/t11-,12+/m0/s1. The molecule has 0 unspecified atom stereocenters. The third kappa shape index (κ3) is 1.95. The summed E-state index contributed by atoms with van der Waals surface area (Å²) < 4.78 is 5.09. The number of nitrogens with one attached hydrogen (secondary N) is 1. The fourth-order valence-electron chi connectivity index (χ4n) is 2.79. The highest BCUT2D eigenvalue weighted by atomic mass is 16.5. The van der Waals surface area contributed by atoms with Gasteiger partial charge >= 0.3 is 0 Å². The van der Waals surface area contributed by atoms with Crippen molar-refractivity contribution in [3.8, 4) is 5.75 Å². The summed E-state index contributed by atoms with van der Waals surface area (Å²) in [6, 6.07) is 6.40. The van der Waals surface area contributed by atoms with Crippen LogP contribution in [0.3, 0.4) is 0 Å². The molecule has 2 fully saturated rings. The maximum atomic E-state index is 12.4. The Morgan fingerprint density at radius 3 is 2.68 bits per heavy atom. The van der Waals surface area contributed by atoms with Crippen LogP contribution >= 0.6 is 0 Å². The molecule has 1 N–H and O–H groups in total. The van der Waals surface area contributed by atoms with Crippen molar-refractivity contribution in [2.45, 2.75) is 24.9 Å². The number of hydrogen-bond donors (Lipinski definition) is 1. The van der Waals surface area contributed by atoms with Gasteiger partial charge in [0.1, 0.15) is 17.8 Å². The Kier molecular flexibility index (Phi) is 2.89. The van der Waals surface area contributed by atoms with Crippen molar-refractivity contribution >= 4 is 11.8 Å². The lowest BCUT2D eigenvalue weighted by molar-refractivity contribution is -0.147. The van der Waals surface area contributed by atoms with Gasteiger partial charge in [-0.15, -0.1) is 0 Å². The average molecular weight is 260 g/mol. The molecule has 2 heterocycles. The van der Waals surface area contributed by atoms with Gasteiger partial charge in [0.2, 0.25) is 11.8 Å². The average Bonchev–Trinajstić information content (AvgIpc) is 2.93. The van der Waals surface area contributed by atoms with Crippen LogP contribution in [0.15, 0.2) is 24.3 Å². The monoisotopic (exact) mass is 260 g/mol. The fraction of sp³-hybridized carbons (Fsp3) is 0.429. The van der Waals surface area contributed by atoms with Crippen molar-refractivity contribution < 1.29 is 14.3 Å². The number of benzene rings is 1. The molecular formula is C14H16N2O3. The number of piperazine rings is 1. The van der Waals surface area contributed by atoms with E-state index in [0.717, 1.165) is 24.2 Å². The first kappa shape index (κ1) is 12.0. The Labute approximate surface area is 111 Å². The number of carbonyl (C=O) groups is 2. The molecule has 5 nitrogen and oxygen atoms in total. The quantitative estimate of drug-likeness (QED) is 0.858. The Hall–Kier alpha value is -2.04. The molecule has 1 aromatic rings. The van der Waals surface area contributed by atoms with Crippen LogP contribution in [0.1, 0.15) is 24.4 Å². The summed E-state index contributed by atoms with van der Waals surface area (Å²) in [6.07, 6.45) is 1.67. The van der Waals surface area contributed by atoms with Crippen molar-refractivity contribution in [1.82, 2.24) is 10.2 Å². The second-order valence-electron chi connectivity index (χ2n) is 4.90. The molecule has 5 heteroatoms. The molecule has 19 heavy (non-hydrogen) atoms. The summed E-state index contributed by atoms with van der Waals surface area (Å²) in [4.78, 5) is 26.1. The third-order valence-electron chi connectivity index (χ3n) is 3.82. The van der Waals surface area contributed by atoms with E-state index < -0.39 is 6.04 Å². The first-order valence-corrected chi connectivity index (χ1v) is 6.45. The van der Waals surface area contributed by atoms with E-state index in [2.05, 4.69) is 5.32 Å². The molecule has 2 aliphatic heterocycles. The van der Waals surface area contributed by atoms with E-state index >= 15 is 0 Å². The first-order valence-electron chi connectivity index (χ1n) is 6.45. The lowest BCUT2D eigenvalue weighted by Gasteiger charge is -2.34. The van der Waals surface area contributed by atoms with Gasteiger partial charge in [-0.3, -0.25) is 9.59 Å². The van der Waals surface area contributed by atoms with Crippen LogP contribution < -0.4 is 10.1 Å². The molecule has 0 bridgehead atoms. The predicted octanol–water partition coefficient (Wildman–Crippen LogP) is 0.857. The zero-order valence-electron chi connectivity index (χ0n) is 10.8. The van der Waals surface area contributed by atoms with Gasteiger partial charge in [-0.05, 0) is 30.5 Å². The number of rotatable bonds is 2. The lowest BCUT2D eigenvalue weighted by Crippen LogP contribution is -2.56. The van der Waals surface area contributed by atoms with E-state index in [-0.39, 0.29) is 17.9 Å². The van der Waals surface area contributed by atoms with Crippen LogP contribution in [0.25, 0.3) is 0 Å². The van der Waals surface area contributed by atoms with Gasteiger partial charge < -0.3 is 15.0 Å². The minimum Gasteiger partial charge on any atom is -0.497 e. The lowest BCUT2D eigenvalue weighted by atomic mass is 10.0. The van der Waals surface area contributed by atoms with E-state index in [1.807, 2.05) is 12.1 Å². The van der Waals surface area contributed by atoms with Gasteiger partial charge in [0.25, 0.3) is 0 Å². The maximum absolute atomic E-state index is 12.4. The molecule has 0 aliphatic carbocycles. The number of fused-ring (bicyclic) bond motifs is 1. The molecule has 2 aliphatic rings. The zero-order valence-corrected chi connectivity index (χ0v) is 10.8. The molecule has 0 saturated carbocycles. The van der Waals surface area contributed by atoms with Crippen LogP contribution in [-0.2, 0) is 9.59 Å². The SMILES string of the molecule is COc1ccc([C@H]2NC(=O)[C@@H]3CCCN3C2=O)cc1. The van der Waals surface area contributed by atoms with Crippen LogP contribution in [0.2, 0.25) is 0 Å². The van der Waals surface area contributed by atoms with E-state index in [0.29, 0.717) is 6.54 Å². The topological polar surface area (TPSA) is 58.6 Å². The molecule has 0 radical (unpaired) electrons. The number of amides is 2. The normalized spacial score (nSPS) is 26.1. The molecule has 2 amide bonds. The van der Waals surface area contributed by atoms with Gasteiger partial charge in [0.05, 0.1) is 7.11 Å². The minimum atomic E-state index is -0.562. The number of carbonyl (C=O) groups excluding carboxylic acids is 2. The highest BCUT2D eigenvalue weighted by Gasteiger charge is 2.43. The molecule has 100 valence electrons. The van der Waals surface area contributed by atoms with Crippen LogP contribution in [-0.4, -0.2) is 36.4 Å². The third-order valence-corrected chi connectivity index (χ3v) is 3.82. The number of ether oxygens (including phenoxy) is 1. The predicted molar refractivity (Wildman–Crippen MR) is 68.6 cm³/mol. The number of hydrogen-bond acceptors (Lipinski definition) is 3. The zero-order chi connectivity index (χ0) is 13.4. The van der Waals surface area contributed by atoms with Crippen molar-refractivity contribution in [2.75, 3.05) is 13.7 Å². The summed E-state index contributed by atoms with van der Waals surface area (Å²) >= 11 is 0. The Balaban J connectivity index is 1.87. The van der Waals surface area contributed by atoms with Crippen molar-refractivity contribution in [1.29, 1.82) is 0 Å². The maximum Gasteiger partial charge on any atom is 0.250 e. The Bertz CT molecular complexity index is 512. The van der Waals surface area contributed by atoms with Gasteiger partial charge in [-0.1, -0.05) is 12.1 Å². The van der Waals surface area contributed by atoms with E-state index in [9.17, 15) is 9.59 Å². The summed E-state index contributed by atoms with van der Waals surface area (Å²) in [6.45, 7) is 0.684. The van der Waals surface area contributed by atoms with Gasteiger partial charge in [-0.2, -0.15) is 0 Å². The van der Waals surface area contributed by atoms with Gasteiger partial charge in [0.15, 0.2) is 0 Å². The molecule has 1 aromatic carbocycles. The highest BCUT2D eigenvalue weighted by molar-refractivity contribution is 5.97. The molecule has 2 saturated heterocycles. The second-order valence-corrected chi connectivity index (χ2v) is 4.90. The van der Waals surface area contributed by atoms with Crippen LogP contribution in [0.4, 0.5) is 0 Å². The van der Waals surface area contributed by atoms with Gasteiger partial charge in [-0.25, -0.2) is 0 Å². The summed E-state index contributed by atoms with van der Waals surface area (Å²) in [5.41, 5.74) is 0.796. The smallest absolute Gasteiger partial charge is 0.250 e. The molecule has 2 atom stereocenters. The molecule has 3 rings (SSSR count). The first-order chi connectivity index (χ1) is 9.20. The van der Waals surface area contributed by atoms with E-state index in [4.69, 9.17) is 4.74 Å². The summed E-state index contributed by atoms with van der Waals surface area (Å²) in [7, 11) is 1.59. The minimum absolute atomic E-state index is 0.00716. The van der Waals surface area contributed by atoms with Crippen molar-refractivity contribution in [2.24, 2.45) is 0 Å². The number of methoxy groups -OCH3 is 1. The van der Waals surface area contributed by atoms with Crippen molar-refractivity contribution in [3.05, 3.63) is 29.8 Å². The Morgan fingerprint density at radius 2 is 2.00 bits per heavy atom. The summed E-state index contributed by atoms with van der Waals surface area (Å²) in [5, 5.41) is 2.82. The van der Waals surface area contributed by atoms with Crippen molar-refractivity contribution in [3.63, 3.8) is 0 Å². The van der Waals surface area contributed by atoms with Gasteiger partial charge in [0, 0.05) is 6.54 Å². The molecular weight excluding hydrogens is 244 g/mol. The second kappa shape index (κ2) is 4.57. The molecule has 0 spiro atoms.